The SMILES string of the molecule is C=C1C=C(F)C(F)=CC1=N/C(=C\N)N[C@@H]1CCN(C(=O)c2ccccc2OC(F)(F)C(F)F)C1. The zero-order chi connectivity index (χ0) is 25.0. The van der Waals surface area contributed by atoms with E-state index in [9.17, 15) is 31.1 Å². The molecule has 3 rings (SSSR count). The molecule has 1 heterocycles. The Morgan fingerprint density at radius 1 is 1.26 bits per heavy atom. The molecular weight excluding hydrogens is 466 g/mol. The number of benzene rings is 1. The van der Waals surface area contributed by atoms with Gasteiger partial charge in [0.2, 0.25) is 0 Å². The molecule has 0 radical (unpaired) electrons. The second kappa shape index (κ2) is 10.1. The first-order valence-corrected chi connectivity index (χ1v) is 9.96. The zero-order valence-corrected chi connectivity index (χ0v) is 17.6. The van der Waals surface area contributed by atoms with Gasteiger partial charge in [0, 0.05) is 31.4 Å². The van der Waals surface area contributed by atoms with Crippen LogP contribution >= 0.6 is 0 Å². The average molecular weight is 486 g/mol. The molecule has 1 aromatic rings. The molecule has 1 saturated heterocycles. The van der Waals surface area contributed by atoms with Crippen LogP contribution in [0.3, 0.4) is 0 Å². The van der Waals surface area contributed by atoms with Gasteiger partial charge >= 0.3 is 12.5 Å². The predicted molar refractivity (Wildman–Crippen MR) is 113 cm³/mol. The summed E-state index contributed by atoms with van der Waals surface area (Å²) >= 11 is 0. The monoisotopic (exact) mass is 486 g/mol. The summed E-state index contributed by atoms with van der Waals surface area (Å²) in [7, 11) is 0. The number of hydrogen-bond donors (Lipinski definition) is 2. The van der Waals surface area contributed by atoms with Gasteiger partial charge < -0.3 is 20.7 Å². The number of nitrogens with zero attached hydrogens (tertiary/aromatic N) is 2. The number of aliphatic imine (C=N–C) groups is 1. The number of nitrogens with one attached hydrogen (secondary N) is 1. The predicted octanol–water partition coefficient (Wildman–Crippen LogP) is 4.20. The number of carbonyl (C=O) groups excluding carboxylic acids is 1. The number of para-hydroxylation sites is 1. The van der Waals surface area contributed by atoms with Crippen molar-refractivity contribution in [3.05, 3.63) is 77.8 Å². The van der Waals surface area contributed by atoms with Crippen LogP contribution in [0.25, 0.3) is 0 Å². The number of carbonyl (C=O) groups is 1. The number of likely N-dealkylation sites (tertiary alicyclic amines) is 1. The summed E-state index contributed by atoms with van der Waals surface area (Å²) in [6.07, 6.45) is -5.59. The van der Waals surface area contributed by atoms with Crippen molar-refractivity contribution in [1.82, 2.24) is 10.2 Å². The maximum atomic E-state index is 13.5. The lowest BCUT2D eigenvalue weighted by molar-refractivity contribution is -0.253. The number of ether oxygens (including phenoxy) is 1. The largest absolute Gasteiger partial charge is 0.461 e. The summed E-state index contributed by atoms with van der Waals surface area (Å²) in [5, 5.41) is 2.96. The van der Waals surface area contributed by atoms with Gasteiger partial charge in [-0.25, -0.2) is 13.8 Å². The van der Waals surface area contributed by atoms with Gasteiger partial charge in [-0.05, 0) is 30.2 Å². The molecule has 1 amide bonds. The van der Waals surface area contributed by atoms with E-state index < -0.39 is 35.8 Å². The lowest BCUT2D eigenvalue weighted by atomic mass is 10.1. The standard InChI is InChI=1S/C22H20F6N4O2/c1-12-8-15(23)16(24)9-17(12)31-19(10-29)30-13-6-7-32(11-13)20(33)14-4-2-3-5-18(14)34-22(27,28)21(25)26/h2-5,8-10,13,21,30H,1,6-7,11,29H2/b19-10-,31-17?/t13-/m1/s1. The summed E-state index contributed by atoms with van der Waals surface area (Å²) in [6, 6.07) is 4.48. The number of alkyl halides is 4. The Kier molecular flexibility index (Phi) is 7.38. The van der Waals surface area contributed by atoms with Crippen LogP contribution < -0.4 is 15.8 Å². The smallest absolute Gasteiger partial charge is 0.427 e. The Morgan fingerprint density at radius 3 is 2.62 bits per heavy atom. The second-order valence-corrected chi connectivity index (χ2v) is 7.40. The number of halogens is 6. The van der Waals surface area contributed by atoms with Crippen molar-refractivity contribution in [3.63, 3.8) is 0 Å². The van der Waals surface area contributed by atoms with E-state index in [2.05, 4.69) is 21.6 Å². The molecule has 12 heteroatoms. The maximum absolute atomic E-state index is 13.5. The minimum absolute atomic E-state index is 0.0417. The van der Waals surface area contributed by atoms with E-state index in [0.29, 0.717) is 6.42 Å². The molecule has 1 atom stereocenters. The van der Waals surface area contributed by atoms with Crippen molar-refractivity contribution in [1.29, 1.82) is 0 Å². The van der Waals surface area contributed by atoms with Crippen molar-refractivity contribution in [2.45, 2.75) is 25.0 Å². The van der Waals surface area contributed by atoms with Crippen molar-refractivity contribution in [2.75, 3.05) is 13.1 Å². The van der Waals surface area contributed by atoms with Gasteiger partial charge in [-0.15, -0.1) is 0 Å². The number of nitrogens with two attached hydrogens (primary N) is 1. The minimum atomic E-state index is -4.76. The molecule has 3 N–H and O–H groups in total. The fourth-order valence-corrected chi connectivity index (χ4v) is 3.29. The Labute approximate surface area is 190 Å². The highest BCUT2D eigenvalue weighted by atomic mass is 19.3. The molecule has 1 aromatic carbocycles. The fraction of sp³-hybridized carbons (Fsp3) is 0.273. The quantitative estimate of drug-likeness (QED) is 0.567. The summed E-state index contributed by atoms with van der Waals surface area (Å²) in [4.78, 5) is 18.3. The summed E-state index contributed by atoms with van der Waals surface area (Å²) in [5.41, 5.74) is 5.44. The van der Waals surface area contributed by atoms with E-state index in [-0.39, 0.29) is 41.8 Å². The van der Waals surface area contributed by atoms with Gasteiger partial charge in [0.1, 0.15) is 11.6 Å². The molecule has 1 aliphatic carbocycles. The fourth-order valence-electron chi connectivity index (χ4n) is 3.29. The third-order valence-corrected chi connectivity index (χ3v) is 4.97. The Bertz CT molecular complexity index is 1100. The molecule has 0 unspecified atom stereocenters. The summed E-state index contributed by atoms with van der Waals surface area (Å²) in [6.45, 7) is 3.90. The van der Waals surface area contributed by atoms with Crippen molar-refractivity contribution in [3.8, 4) is 5.75 Å². The molecule has 1 aliphatic heterocycles. The number of allylic oxidation sites excluding steroid dienone is 5. The molecule has 0 bridgehead atoms. The Balaban J connectivity index is 1.69. The molecule has 34 heavy (non-hydrogen) atoms. The third-order valence-electron chi connectivity index (χ3n) is 4.97. The Hall–Kier alpha value is -3.70. The van der Waals surface area contributed by atoms with Gasteiger partial charge in [0.05, 0.1) is 11.3 Å². The van der Waals surface area contributed by atoms with Crippen molar-refractivity contribution in [2.24, 2.45) is 10.7 Å². The average Bonchev–Trinajstić information content (AvgIpc) is 3.25. The summed E-state index contributed by atoms with van der Waals surface area (Å²) in [5.74, 6) is -3.45. The minimum Gasteiger partial charge on any atom is -0.427 e. The van der Waals surface area contributed by atoms with E-state index >= 15 is 0 Å². The van der Waals surface area contributed by atoms with Gasteiger partial charge in [-0.3, -0.25) is 4.79 Å². The van der Waals surface area contributed by atoms with Crippen LogP contribution in [-0.4, -0.2) is 48.2 Å². The van der Waals surface area contributed by atoms with Gasteiger partial charge in [-0.1, -0.05) is 18.7 Å². The molecule has 2 aliphatic rings. The number of rotatable bonds is 7. The molecule has 0 saturated carbocycles. The lowest BCUT2D eigenvalue weighted by Gasteiger charge is -2.22. The van der Waals surface area contributed by atoms with Crippen LogP contribution in [0.4, 0.5) is 26.3 Å². The Morgan fingerprint density at radius 2 is 1.94 bits per heavy atom. The number of hydrogen-bond acceptors (Lipinski definition) is 5. The molecule has 182 valence electrons. The van der Waals surface area contributed by atoms with E-state index in [1.54, 1.807) is 0 Å². The first-order valence-electron chi connectivity index (χ1n) is 9.96. The van der Waals surface area contributed by atoms with E-state index in [1.165, 1.54) is 23.1 Å². The van der Waals surface area contributed by atoms with Gasteiger partial charge in [0.15, 0.2) is 11.7 Å². The zero-order valence-electron chi connectivity index (χ0n) is 17.6. The lowest BCUT2D eigenvalue weighted by Crippen LogP contribution is -2.36. The van der Waals surface area contributed by atoms with Gasteiger partial charge in [0.25, 0.3) is 5.91 Å². The van der Waals surface area contributed by atoms with Crippen LogP contribution in [0.5, 0.6) is 5.75 Å². The summed E-state index contributed by atoms with van der Waals surface area (Å²) < 4.78 is 82.7. The first kappa shape index (κ1) is 24.9. The van der Waals surface area contributed by atoms with Crippen LogP contribution in [0.1, 0.15) is 16.8 Å². The third kappa shape index (κ3) is 5.61. The molecule has 6 nitrogen and oxygen atoms in total. The van der Waals surface area contributed by atoms with E-state index in [1.807, 2.05) is 0 Å². The topological polar surface area (TPSA) is 80.0 Å². The maximum Gasteiger partial charge on any atom is 0.461 e. The molecule has 1 fully saturated rings. The van der Waals surface area contributed by atoms with Crippen molar-refractivity contribution >= 4 is 11.6 Å². The molecule has 0 spiro atoms. The highest BCUT2D eigenvalue weighted by Gasteiger charge is 2.45. The second-order valence-electron chi connectivity index (χ2n) is 7.40. The van der Waals surface area contributed by atoms with Crippen LogP contribution in [-0.2, 0) is 0 Å². The van der Waals surface area contributed by atoms with E-state index in [0.717, 1.165) is 24.4 Å². The van der Waals surface area contributed by atoms with Gasteiger partial charge in [-0.2, -0.15) is 17.6 Å². The first-order chi connectivity index (χ1) is 16.0. The van der Waals surface area contributed by atoms with Crippen LogP contribution in [0, 0.1) is 0 Å². The highest BCUT2D eigenvalue weighted by molar-refractivity contribution is 6.12. The highest BCUT2D eigenvalue weighted by Crippen LogP contribution is 2.31. The van der Waals surface area contributed by atoms with Crippen molar-refractivity contribution < 1.29 is 35.9 Å². The van der Waals surface area contributed by atoms with E-state index in [4.69, 9.17) is 5.73 Å². The molecule has 0 aromatic heterocycles. The van der Waals surface area contributed by atoms with Crippen LogP contribution in [0.15, 0.2) is 77.2 Å². The van der Waals surface area contributed by atoms with Crippen LogP contribution in [0.2, 0.25) is 0 Å². The molecular formula is C22H20F6N4O2. The number of amides is 1. The normalized spacial score (nSPS) is 20.5.